The van der Waals surface area contributed by atoms with Crippen molar-refractivity contribution in [2.45, 2.75) is 26.5 Å². The Balaban J connectivity index is 2.01. The van der Waals surface area contributed by atoms with Gasteiger partial charge in [-0.05, 0) is 31.5 Å². The summed E-state index contributed by atoms with van der Waals surface area (Å²) in [6, 6.07) is 8.58. The summed E-state index contributed by atoms with van der Waals surface area (Å²) in [5.41, 5.74) is 0.798. The van der Waals surface area contributed by atoms with Crippen molar-refractivity contribution in [3.05, 3.63) is 59.4 Å². The van der Waals surface area contributed by atoms with Gasteiger partial charge in [0.25, 0.3) is 0 Å². The van der Waals surface area contributed by atoms with Gasteiger partial charge >= 0.3 is 0 Å². The Morgan fingerprint density at radius 2 is 1.57 bits per heavy atom. The van der Waals surface area contributed by atoms with E-state index in [4.69, 9.17) is 4.74 Å². The number of hydrogen-bond acceptors (Lipinski definition) is 2. The summed E-state index contributed by atoms with van der Waals surface area (Å²) in [5, 5.41) is 2.74. The van der Waals surface area contributed by atoms with Crippen molar-refractivity contribution in [1.82, 2.24) is 0 Å². The molecule has 0 amide bonds. The van der Waals surface area contributed by atoms with Gasteiger partial charge in [0.05, 0.1) is 11.8 Å². The molecule has 0 radical (unpaired) electrons. The van der Waals surface area contributed by atoms with E-state index < -0.39 is 17.5 Å². The quantitative estimate of drug-likeness (QED) is 0.820. The molecule has 0 unspecified atom stereocenters. The average molecular weight is 295 g/mol. The number of anilines is 1. The normalized spacial score (nSPS) is 10.8. The molecule has 0 fully saturated rings. The van der Waals surface area contributed by atoms with Gasteiger partial charge in [-0.25, -0.2) is 13.2 Å². The van der Waals surface area contributed by atoms with Crippen LogP contribution in [0.4, 0.5) is 18.9 Å². The number of halogens is 3. The molecule has 0 aromatic heterocycles. The van der Waals surface area contributed by atoms with Gasteiger partial charge in [0, 0.05) is 18.7 Å². The highest BCUT2D eigenvalue weighted by molar-refractivity contribution is 5.46. The second kappa shape index (κ2) is 6.52. The van der Waals surface area contributed by atoms with E-state index in [-0.39, 0.29) is 11.8 Å². The minimum atomic E-state index is -1.20. The number of ether oxygens (including phenoxy) is 1. The molecular weight excluding hydrogens is 279 g/mol. The number of benzene rings is 2. The van der Waals surface area contributed by atoms with Gasteiger partial charge in [-0.3, -0.25) is 0 Å². The SMILES string of the molecule is CC(C)Oc1ccc(CNc2cc(F)c(F)cc2F)cc1. The topological polar surface area (TPSA) is 21.3 Å². The van der Waals surface area contributed by atoms with E-state index in [2.05, 4.69) is 5.32 Å². The molecule has 0 aliphatic carbocycles. The van der Waals surface area contributed by atoms with Crippen LogP contribution in [0.3, 0.4) is 0 Å². The molecule has 2 nitrogen and oxygen atoms in total. The van der Waals surface area contributed by atoms with E-state index in [1.54, 1.807) is 12.1 Å². The molecule has 21 heavy (non-hydrogen) atoms. The van der Waals surface area contributed by atoms with Crippen molar-refractivity contribution in [3.63, 3.8) is 0 Å². The highest BCUT2D eigenvalue weighted by atomic mass is 19.2. The van der Waals surface area contributed by atoms with Crippen LogP contribution in [0.2, 0.25) is 0 Å². The Kier molecular flexibility index (Phi) is 4.73. The lowest BCUT2D eigenvalue weighted by molar-refractivity contribution is 0.242. The van der Waals surface area contributed by atoms with E-state index in [1.165, 1.54) is 0 Å². The molecule has 0 heterocycles. The highest BCUT2D eigenvalue weighted by Gasteiger charge is 2.09. The Hall–Kier alpha value is -2.17. The fourth-order valence-electron chi connectivity index (χ4n) is 1.81. The van der Waals surface area contributed by atoms with Crippen molar-refractivity contribution >= 4 is 5.69 Å². The predicted molar refractivity (Wildman–Crippen MR) is 75.8 cm³/mol. The van der Waals surface area contributed by atoms with Gasteiger partial charge in [0.1, 0.15) is 11.6 Å². The van der Waals surface area contributed by atoms with Gasteiger partial charge < -0.3 is 10.1 Å². The van der Waals surface area contributed by atoms with Crippen LogP contribution in [0.15, 0.2) is 36.4 Å². The second-order valence-corrected chi connectivity index (χ2v) is 4.91. The summed E-state index contributed by atoms with van der Waals surface area (Å²) in [5.74, 6) is -2.37. The lowest BCUT2D eigenvalue weighted by Gasteiger charge is -2.11. The number of rotatable bonds is 5. The first-order chi connectivity index (χ1) is 9.95. The summed E-state index contributed by atoms with van der Waals surface area (Å²) >= 11 is 0. The molecule has 2 aromatic carbocycles. The molecule has 0 saturated carbocycles. The lowest BCUT2D eigenvalue weighted by atomic mass is 10.2. The van der Waals surface area contributed by atoms with Crippen LogP contribution in [0.1, 0.15) is 19.4 Å². The van der Waals surface area contributed by atoms with E-state index in [9.17, 15) is 13.2 Å². The molecule has 0 atom stereocenters. The third-order valence-electron chi connectivity index (χ3n) is 2.79. The Morgan fingerprint density at radius 3 is 2.19 bits per heavy atom. The Labute approximate surface area is 121 Å². The number of nitrogens with one attached hydrogen (secondary N) is 1. The molecule has 2 rings (SSSR count). The summed E-state index contributed by atoms with van der Waals surface area (Å²) in [7, 11) is 0. The first-order valence-electron chi connectivity index (χ1n) is 6.59. The second-order valence-electron chi connectivity index (χ2n) is 4.91. The first kappa shape index (κ1) is 15.2. The van der Waals surface area contributed by atoms with Crippen molar-refractivity contribution in [2.24, 2.45) is 0 Å². The van der Waals surface area contributed by atoms with Crippen LogP contribution in [0.25, 0.3) is 0 Å². The fourth-order valence-corrected chi connectivity index (χ4v) is 1.81. The summed E-state index contributed by atoms with van der Waals surface area (Å²) in [4.78, 5) is 0. The molecule has 0 aliphatic heterocycles. The molecule has 0 aliphatic rings. The molecule has 0 bridgehead atoms. The molecule has 1 N–H and O–H groups in total. The smallest absolute Gasteiger partial charge is 0.161 e. The molecule has 0 saturated heterocycles. The van der Waals surface area contributed by atoms with Crippen molar-refractivity contribution in [2.75, 3.05) is 5.32 Å². The monoisotopic (exact) mass is 295 g/mol. The summed E-state index contributed by atoms with van der Waals surface area (Å²) in [6.45, 7) is 4.16. The van der Waals surface area contributed by atoms with Crippen molar-refractivity contribution in [1.29, 1.82) is 0 Å². The van der Waals surface area contributed by atoms with E-state index in [0.29, 0.717) is 12.6 Å². The molecule has 112 valence electrons. The maximum atomic E-state index is 13.5. The lowest BCUT2D eigenvalue weighted by Crippen LogP contribution is -2.06. The van der Waals surface area contributed by atoms with Gasteiger partial charge in [0.2, 0.25) is 0 Å². The zero-order chi connectivity index (χ0) is 15.4. The van der Waals surface area contributed by atoms with Crippen LogP contribution >= 0.6 is 0 Å². The first-order valence-corrected chi connectivity index (χ1v) is 6.59. The van der Waals surface area contributed by atoms with E-state index >= 15 is 0 Å². The van der Waals surface area contributed by atoms with Crippen LogP contribution in [0.5, 0.6) is 5.75 Å². The zero-order valence-electron chi connectivity index (χ0n) is 11.8. The maximum absolute atomic E-state index is 13.5. The summed E-state index contributed by atoms with van der Waals surface area (Å²) < 4.78 is 44.8. The van der Waals surface area contributed by atoms with Crippen molar-refractivity contribution in [3.8, 4) is 5.75 Å². The van der Waals surface area contributed by atoms with Gasteiger partial charge in [-0.15, -0.1) is 0 Å². The van der Waals surface area contributed by atoms with Crippen LogP contribution in [0, 0.1) is 17.5 Å². The molecule has 0 spiro atoms. The van der Waals surface area contributed by atoms with Crippen molar-refractivity contribution < 1.29 is 17.9 Å². The van der Waals surface area contributed by atoms with Crippen LogP contribution in [-0.2, 0) is 6.54 Å². The van der Waals surface area contributed by atoms with Crippen LogP contribution < -0.4 is 10.1 Å². The largest absolute Gasteiger partial charge is 0.491 e. The van der Waals surface area contributed by atoms with E-state index in [1.807, 2.05) is 26.0 Å². The third kappa shape index (κ3) is 4.15. The third-order valence-corrected chi connectivity index (χ3v) is 2.79. The molecule has 2 aromatic rings. The molecule has 5 heteroatoms. The predicted octanol–water partition coefficient (Wildman–Crippen LogP) is 4.50. The Morgan fingerprint density at radius 1 is 0.952 bits per heavy atom. The minimum Gasteiger partial charge on any atom is -0.491 e. The van der Waals surface area contributed by atoms with Crippen LogP contribution in [-0.4, -0.2) is 6.10 Å². The maximum Gasteiger partial charge on any atom is 0.161 e. The zero-order valence-corrected chi connectivity index (χ0v) is 11.8. The van der Waals surface area contributed by atoms with Gasteiger partial charge in [-0.2, -0.15) is 0 Å². The van der Waals surface area contributed by atoms with Gasteiger partial charge in [-0.1, -0.05) is 12.1 Å². The Bertz CT molecular complexity index is 612. The average Bonchev–Trinajstić information content (AvgIpc) is 2.42. The molecular formula is C16H16F3NO. The fraction of sp³-hybridized carbons (Fsp3) is 0.250. The van der Waals surface area contributed by atoms with E-state index in [0.717, 1.165) is 17.4 Å². The highest BCUT2D eigenvalue weighted by Crippen LogP contribution is 2.20. The minimum absolute atomic E-state index is 0.0728. The number of hydrogen-bond donors (Lipinski definition) is 1. The summed E-state index contributed by atoms with van der Waals surface area (Å²) in [6.07, 6.45) is 0.0882. The standard InChI is InChI=1S/C16H16F3NO/c1-10(2)21-12-5-3-11(4-6-12)9-20-16-8-14(18)13(17)7-15(16)19/h3-8,10,20H,9H2,1-2H3. The van der Waals surface area contributed by atoms with Gasteiger partial charge in [0.15, 0.2) is 11.6 Å².